The van der Waals surface area contributed by atoms with E-state index < -0.39 is 0 Å². The number of para-hydroxylation sites is 1. The maximum absolute atomic E-state index is 11.7. The van der Waals surface area contributed by atoms with Crippen molar-refractivity contribution in [1.82, 2.24) is 0 Å². The van der Waals surface area contributed by atoms with Crippen LogP contribution in [0.3, 0.4) is 0 Å². The molecule has 0 N–H and O–H groups in total. The summed E-state index contributed by atoms with van der Waals surface area (Å²) in [5.74, 6) is 0.828. The molecular formula is C15H20O2. The molecule has 0 atom stereocenters. The molecule has 0 unspecified atom stereocenters. The van der Waals surface area contributed by atoms with Gasteiger partial charge in [-0.25, -0.2) is 0 Å². The Hall–Kier alpha value is -1.57. The Morgan fingerprint density at radius 1 is 1.24 bits per heavy atom. The first-order chi connectivity index (χ1) is 8.29. The minimum absolute atomic E-state index is 0.129. The third-order valence-corrected chi connectivity index (χ3v) is 2.45. The van der Waals surface area contributed by atoms with Gasteiger partial charge >= 0.3 is 0 Å². The molecule has 2 nitrogen and oxygen atoms in total. The van der Waals surface area contributed by atoms with Crippen molar-refractivity contribution in [3.05, 3.63) is 42.0 Å². The van der Waals surface area contributed by atoms with E-state index in [0.717, 1.165) is 12.8 Å². The monoisotopic (exact) mass is 232 g/mol. The number of benzene rings is 1. The summed E-state index contributed by atoms with van der Waals surface area (Å²) in [5, 5.41) is 0. The van der Waals surface area contributed by atoms with E-state index in [1.807, 2.05) is 31.2 Å². The highest BCUT2D eigenvalue weighted by molar-refractivity contribution is 5.98. The first-order valence-corrected chi connectivity index (χ1v) is 6.19. The van der Waals surface area contributed by atoms with Crippen molar-refractivity contribution < 1.29 is 9.53 Å². The standard InChI is InChI=1S/C15H20O2/c1-3-5-6-9-12-17-15-11-8-7-10-13(15)14(16)4-2/h5-8,10-11H,3-4,9,12H2,1-2H3. The number of allylic oxidation sites excluding steroid dienone is 1. The zero-order valence-electron chi connectivity index (χ0n) is 10.6. The predicted molar refractivity (Wildman–Crippen MR) is 70.6 cm³/mol. The molecule has 0 aromatic heterocycles. The van der Waals surface area contributed by atoms with E-state index >= 15 is 0 Å². The lowest BCUT2D eigenvalue weighted by Gasteiger charge is -2.08. The second kappa shape index (κ2) is 7.66. The molecule has 0 spiro atoms. The van der Waals surface area contributed by atoms with E-state index in [1.54, 1.807) is 0 Å². The van der Waals surface area contributed by atoms with E-state index in [0.29, 0.717) is 24.3 Å². The Kier molecular flexibility index (Phi) is 6.08. The highest BCUT2D eigenvalue weighted by Crippen LogP contribution is 2.19. The minimum Gasteiger partial charge on any atom is -0.493 e. The molecule has 0 aliphatic heterocycles. The van der Waals surface area contributed by atoms with Crippen molar-refractivity contribution in [2.45, 2.75) is 33.1 Å². The van der Waals surface area contributed by atoms with Gasteiger partial charge < -0.3 is 4.74 Å². The lowest BCUT2D eigenvalue weighted by atomic mass is 10.1. The highest BCUT2D eigenvalue weighted by Gasteiger charge is 2.09. The summed E-state index contributed by atoms with van der Waals surface area (Å²) in [4.78, 5) is 11.7. The normalized spacial score (nSPS) is 10.7. The number of Topliss-reactive ketones (excluding diaryl/α,β-unsaturated/α-hetero) is 1. The van der Waals surface area contributed by atoms with Gasteiger partial charge in [0.25, 0.3) is 0 Å². The summed E-state index contributed by atoms with van der Waals surface area (Å²) in [6, 6.07) is 7.44. The number of hydrogen-bond donors (Lipinski definition) is 0. The molecule has 0 heterocycles. The van der Waals surface area contributed by atoms with Crippen molar-refractivity contribution in [2.75, 3.05) is 6.61 Å². The van der Waals surface area contributed by atoms with Crippen LogP contribution in [0.4, 0.5) is 0 Å². The van der Waals surface area contributed by atoms with Crippen LogP contribution in [0, 0.1) is 0 Å². The van der Waals surface area contributed by atoms with Crippen LogP contribution >= 0.6 is 0 Å². The Morgan fingerprint density at radius 3 is 2.71 bits per heavy atom. The zero-order chi connectivity index (χ0) is 12.5. The van der Waals surface area contributed by atoms with Gasteiger partial charge in [0, 0.05) is 6.42 Å². The maximum Gasteiger partial charge on any atom is 0.166 e. The predicted octanol–water partition coefficient (Wildman–Crippen LogP) is 4.01. The molecule has 1 rings (SSSR count). The van der Waals surface area contributed by atoms with Crippen LogP contribution in [0.1, 0.15) is 43.5 Å². The molecule has 0 aliphatic rings. The van der Waals surface area contributed by atoms with E-state index in [-0.39, 0.29) is 5.78 Å². The number of hydrogen-bond acceptors (Lipinski definition) is 2. The number of carbonyl (C=O) groups excluding carboxylic acids is 1. The highest BCUT2D eigenvalue weighted by atomic mass is 16.5. The Bertz CT molecular complexity index is 380. The van der Waals surface area contributed by atoms with E-state index in [2.05, 4.69) is 19.1 Å². The third-order valence-electron chi connectivity index (χ3n) is 2.45. The van der Waals surface area contributed by atoms with Crippen LogP contribution in [-0.4, -0.2) is 12.4 Å². The average Bonchev–Trinajstić information content (AvgIpc) is 2.38. The SMILES string of the molecule is CCC=CCCOc1ccccc1C(=O)CC. The van der Waals surface area contributed by atoms with Gasteiger partial charge in [-0.15, -0.1) is 0 Å². The zero-order valence-corrected chi connectivity index (χ0v) is 10.6. The molecule has 0 radical (unpaired) electrons. The number of ketones is 1. The molecule has 0 fully saturated rings. The van der Waals surface area contributed by atoms with Crippen molar-refractivity contribution in [1.29, 1.82) is 0 Å². The molecule has 1 aromatic rings. The van der Waals surface area contributed by atoms with Gasteiger partial charge in [-0.2, -0.15) is 0 Å². The van der Waals surface area contributed by atoms with Crippen molar-refractivity contribution in [2.24, 2.45) is 0 Å². The number of carbonyl (C=O) groups is 1. The number of ether oxygens (including phenoxy) is 1. The molecule has 1 aromatic carbocycles. The molecule has 0 aliphatic carbocycles. The van der Waals surface area contributed by atoms with Gasteiger partial charge in [-0.1, -0.05) is 38.1 Å². The summed E-state index contributed by atoms with van der Waals surface area (Å²) in [6.45, 7) is 4.58. The van der Waals surface area contributed by atoms with Gasteiger partial charge in [-0.05, 0) is 25.0 Å². The Labute approximate surface area is 103 Å². The van der Waals surface area contributed by atoms with Gasteiger partial charge in [0.1, 0.15) is 5.75 Å². The van der Waals surface area contributed by atoms with Crippen LogP contribution in [0.15, 0.2) is 36.4 Å². The van der Waals surface area contributed by atoms with Gasteiger partial charge in [0.2, 0.25) is 0 Å². The summed E-state index contributed by atoms with van der Waals surface area (Å²) in [6.07, 6.45) is 6.65. The third kappa shape index (κ3) is 4.43. The first-order valence-electron chi connectivity index (χ1n) is 6.19. The summed E-state index contributed by atoms with van der Waals surface area (Å²) < 4.78 is 5.63. The summed E-state index contributed by atoms with van der Waals surface area (Å²) in [5.41, 5.74) is 0.689. The lowest BCUT2D eigenvalue weighted by Crippen LogP contribution is -2.03. The van der Waals surface area contributed by atoms with E-state index in [1.165, 1.54) is 0 Å². The summed E-state index contributed by atoms with van der Waals surface area (Å²) >= 11 is 0. The number of rotatable bonds is 7. The minimum atomic E-state index is 0.129. The van der Waals surface area contributed by atoms with Crippen LogP contribution in [0.25, 0.3) is 0 Å². The van der Waals surface area contributed by atoms with Crippen LogP contribution in [0.2, 0.25) is 0 Å². The molecule has 92 valence electrons. The first kappa shape index (κ1) is 13.5. The fourth-order valence-electron chi connectivity index (χ4n) is 1.53. The maximum atomic E-state index is 11.7. The van der Waals surface area contributed by atoms with E-state index in [9.17, 15) is 4.79 Å². The Balaban J connectivity index is 2.58. The van der Waals surface area contributed by atoms with Crippen LogP contribution in [-0.2, 0) is 0 Å². The van der Waals surface area contributed by atoms with Crippen LogP contribution < -0.4 is 4.74 Å². The smallest absolute Gasteiger partial charge is 0.166 e. The molecule has 0 saturated heterocycles. The lowest BCUT2D eigenvalue weighted by molar-refractivity contribution is 0.0984. The van der Waals surface area contributed by atoms with Gasteiger partial charge in [0.15, 0.2) is 5.78 Å². The molecule has 17 heavy (non-hydrogen) atoms. The molecule has 0 saturated carbocycles. The second-order valence-electron chi connectivity index (χ2n) is 3.79. The van der Waals surface area contributed by atoms with Gasteiger partial charge in [0.05, 0.1) is 12.2 Å². The van der Waals surface area contributed by atoms with E-state index in [4.69, 9.17) is 4.74 Å². The second-order valence-corrected chi connectivity index (χ2v) is 3.79. The van der Waals surface area contributed by atoms with Crippen molar-refractivity contribution in [3.8, 4) is 5.75 Å². The molecule has 0 bridgehead atoms. The van der Waals surface area contributed by atoms with Crippen molar-refractivity contribution in [3.63, 3.8) is 0 Å². The van der Waals surface area contributed by atoms with Crippen molar-refractivity contribution >= 4 is 5.78 Å². The molecule has 2 heteroatoms. The summed E-state index contributed by atoms with van der Waals surface area (Å²) in [7, 11) is 0. The van der Waals surface area contributed by atoms with Crippen LogP contribution in [0.5, 0.6) is 5.75 Å². The largest absolute Gasteiger partial charge is 0.493 e. The van der Waals surface area contributed by atoms with Gasteiger partial charge in [-0.3, -0.25) is 4.79 Å². The Morgan fingerprint density at radius 2 is 2.00 bits per heavy atom. The quantitative estimate of drug-likeness (QED) is 0.403. The molecular weight excluding hydrogens is 212 g/mol. The fourth-order valence-corrected chi connectivity index (χ4v) is 1.53. The fraction of sp³-hybridized carbons (Fsp3) is 0.400. The topological polar surface area (TPSA) is 26.3 Å². The average molecular weight is 232 g/mol. The molecule has 0 amide bonds.